The van der Waals surface area contributed by atoms with E-state index in [9.17, 15) is 14.7 Å². The molecule has 0 aliphatic carbocycles. The molecule has 8 nitrogen and oxygen atoms in total. The molecule has 3 aromatic rings. The first-order chi connectivity index (χ1) is 17.7. The lowest BCUT2D eigenvalue weighted by atomic mass is 9.94. The third-order valence-corrected chi connectivity index (χ3v) is 6.80. The van der Waals surface area contributed by atoms with E-state index in [1.54, 1.807) is 42.5 Å². The summed E-state index contributed by atoms with van der Waals surface area (Å²) in [6, 6.07) is 14.5. The highest BCUT2D eigenvalue weighted by molar-refractivity contribution is 9.10. The minimum Gasteiger partial charge on any atom is -0.507 e. The molecule has 192 valence electrons. The van der Waals surface area contributed by atoms with Crippen LogP contribution in [0.3, 0.4) is 0 Å². The van der Waals surface area contributed by atoms with Crippen molar-refractivity contribution >= 4 is 39.1 Å². The summed E-state index contributed by atoms with van der Waals surface area (Å²) in [5.74, 6) is -0.300. The number of aryl methyl sites for hydroxylation is 1. The van der Waals surface area contributed by atoms with Gasteiger partial charge in [0.1, 0.15) is 11.5 Å². The molecule has 0 aromatic heterocycles. The maximum absolute atomic E-state index is 13.5. The minimum atomic E-state index is -0.975. The van der Waals surface area contributed by atoms with Gasteiger partial charge in [0.05, 0.1) is 44.5 Å². The summed E-state index contributed by atoms with van der Waals surface area (Å²) in [6.45, 7) is 1.93. The molecule has 1 heterocycles. The lowest BCUT2D eigenvalue weighted by molar-refractivity contribution is -0.132. The van der Waals surface area contributed by atoms with E-state index in [-0.39, 0.29) is 11.3 Å². The molecule has 0 spiro atoms. The second kappa shape index (κ2) is 10.6. The van der Waals surface area contributed by atoms with Crippen LogP contribution in [-0.2, 0) is 9.59 Å². The number of Topliss-reactive ketones (excluding diaryl/α,β-unsaturated/α-hetero) is 1. The summed E-state index contributed by atoms with van der Waals surface area (Å²) in [6.07, 6.45) is 0. The molecule has 3 aromatic carbocycles. The predicted molar refractivity (Wildman–Crippen MR) is 143 cm³/mol. The van der Waals surface area contributed by atoms with Crippen LogP contribution < -0.4 is 23.8 Å². The number of aliphatic hydroxyl groups is 1. The molecule has 1 unspecified atom stereocenters. The van der Waals surface area contributed by atoms with Crippen molar-refractivity contribution in [2.75, 3.05) is 33.3 Å². The highest BCUT2D eigenvalue weighted by atomic mass is 79.9. The zero-order valence-corrected chi connectivity index (χ0v) is 22.6. The summed E-state index contributed by atoms with van der Waals surface area (Å²) < 4.78 is 22.3. The van der Waals surface area contributed by atoms with E-state index < -0.39 is 17.7 Å². The van der Waals surface area contributed by atoms with Crippen molar-refractivity contribution in [3.63, 3.8) is 0 Å². The lowest BCUT2D eigenvalue weighted by Crippen LogP contribution is -2.29. The van der Waals surface area contributed by atoms with E-state index in [0.29, 0.717) is 44.3 Å². The standard InChI is InChI=1S/C28H26BrNO7/c1-15-6-9-18(10-7-15)30-24(17-13-21(35-3)27(37-5)22(14-17)36-4)23(26(32)28(30)33)25(31)16-8-11-20(34-2)19(29)12-16/h6-14,24,31H,1-5H3/b25-23+. The van der Waals surface area contributed by atoms with Gasteiger partial charge < -0.3 is 24.1 Å². The Bertz CT molecular complexity index is 1370. The number of nitrogens with zero attached hydrogens (tertiary/aromatic N) is 1. The molecule has 1 N–H and O–H groups in total. The van der Waals surface area contributed by atoms with E-state index in [4.69, 9.17) is 18.9 Å². The Morgan fingerprint density at radius 3 is 1.95 bits per heavy atom. The molecule has 1 amide bonds. The number of carbonyl (C=O) groups excluding carboxylic acids is 2. The number of hydrogen-bond donors (Lipinski definition) is 1. The molecule has 1 aliphatic heterocycles. The van der Waals surface area contributed by atoms with Crippen molar-refractivity contribution in [2.45, 2.75) is 13.0 Å². The van der Waals surface area contributed by atoms with Gasteiger partial charge in [0.25, 0.3) is 11.7 Å². The van der Waals surface area contributed by atoms with E-state index >= 15 is 0 Å². The molecule has 4 rings (SSSR count). The maximum Gasteiger partial charge on any atom is 0.300 e. The van der Waals surface area contributed by atoms with Gasteiger partial charge in [-0.2, -0.15) is 0 Å². The molecule has 1 saturated heterocycles. The fourth-order valence-electron chi connectivity index (χ4n) is 4.35. The summed E-state index contributed by atoms with van der Waals surface area (Å²) in [5.41, 5.74) is 2.25. The first-order valence-electron chi connectivity index (χ1n) is 11.3. The van der Waals surface area contributed by atoms with Gasteiger partial charge in [0.15, 0.2) is 11.5 Å². The smallest absolute Gasteiger partial charge is 0.300 e. The molecule has 0 radical (unpaired) electrons. The third kappa shape index (κ3) is 4.62. The van der Waals surface area contributed by atoms with Gasteiger partial charge in [-0.3, -0.25) is 14.5 Å². The average Bonchev–Trinajstić information content (AvgIpc) is 3.17. The number of benzene rings is 3. The van der Waals surface area contributed by atoms with Crippen molar-refractivity contribution in [3.8, 4) is 23.0 Å². The van der Waals surface area contributed by atoms with Crippen LogP contribution in [0.1, 0.15) is 22.7 Å². The topological polar surface area (TPSA) is 94.5 Å². The number of ketones is 1. The van der Waals surface area contributed by atoms with Crippen molar-refractivity contribution in [2.24, 2.45) is 0 Å². The highest BCUT2D eigenvalue weighted by Crippen LogP contribution is 2.47. The molecule has 37 heavy (non-hydrogen) atoms. The number of hydrogen-bond acceptors (Lipinski definition) is 7. The van der Waals surface area contributed by atoms with Crippen molar-refractivity contribution in [1.29, 1.82) is 0 Å². The number of rotatable bonds is 7. The van der Waals surface area contributed by atoms with Gasteiger partial charge in [-0.1, -0.05) is 17.7 Å². The number of methoxy groups -OCH3 is 4. The Morgan fingerprint density at radius 1 is 0.838 bits per heavy atom. The van der Waals surface area contributed by atoms with Crippen LogP contribution in [0.2, 0.25) is 0 Å². The van der Waals surface area contributed by atoms with E-state index in [2.05, 4.69) is 15.9 Å². The van der Waals surface area contributed by atoms with Crippen LogP contribution in [0.4, 0.5) is 5.69 Å². The molecule has 1 aliphatic rings. The Morgan fingerprint density at radius 2 is 1.43 bits per heavy atom. The number of halogens is 1. The highest BCUT2D eigenvalue weighted by Gasteiger charge is 2.47. The Balaban J connectivity index is 2.01. The van der Waals surface area contributed by atoms with Gasteiger partial charge in [0.2, 0.25) is 5.75 Å². The van der Waals surface area contributed by atoms with Crippen LogP contribution in [0, 0.1) is 6.92 Å². The molecule has 9 heteroatoms. The van der Waals surface area contributed by atoms with Gasteiger partial charge in [-0.15, -0.1) is 0 Å². The molecule has 1 fully saturated rings. The van der Waals surface area contributed by atoms with Gasteiger partial charge >= 0.3 is 0 Å². The zero-order chi connectivity index (χ0) is 26.9. The normalized spacial score (nSPS) is 16.6. The average molecular weight is 568 g/mol. The quantitative estimate of drug-likeness (QED) is 0.231. The van der Waals surface area contributed by atoms with Crippen LogP contribution in [0.5, 0.6) is 23.0 Å². The number of amides is 1. The van der Waals surface area contributed by atoms with E-state index in [0.717, 1.165) is 5.56 Å². The SMILES string of the molecule is COc1ccc(/C(O)=C2\C(=O)C(=O)N(c3ccc(C)cc3)C2c2cc(OC)c(OC)c(OC)c2)cc1Br. The third-order valence-electron chi connectivity index (χ3n) is 6.18. The molecular weight excluding hydrogens is 542 g/mol. The number of aliphatic hydroxyl groups excluding tert-OH is 1. The predicted octanol–water partition coefficient (Wildman–Crippen LogP) is 5.42. The zero-order valence-electron chi connectivity index (χ0n) is 21.0. The number of ether oxygens (including phenoxy) is 4. The minimum absolute atomic E-state index is 0.0723. The van der Waals surface area contributed by atoms with Crippen molar-refractivity contribution in [1.82, 2.24) is 0 Å². The van der Waals surface area contributed by atoms with Crippen LogP contribution in [0.25, 0.3) is 5.76 Å². The van der Waals surface area contributed by atoms with E-state index in [1.807, 2.05) is 19.1 Å². The van der Waals surface area contributed by atoms with Crippen LogP contribution in [-0.4, -0.2) is 45.2 Å². The fraction of sp³-hybridized carbons (Fsp3) is 0.214. The lowest BCUT2D eigenvalue weighted by Gasteiger charge is -2.26. The summed E-state index contributed by atoms with van der Waals surface area (Å²) >= 11 is 3.41. The number of anilines is 1. The Labute approximate surface area is 223 Å². The first kappa shape index (κ1) is 26.1. The van der Waals surface area contributed by atoms with E-state index in [1.165, 1.54) is 33.3 Å². The van der Waals surface area contributed by atoms with Crippen molar-refractivity contribution < 1.29 is 33.6 Å². The van der Waals surface area contributed by atoms with Crippen molar-refractivity contribution in [3.05, 3.63) is 81.3 Å². The van der Waals surface area contributed by atoms with Crippen LogP contribution in [0.15, 0.2) is 64.6 Å². The number of carbonyl (C=O) groups is 2. The Hall–Kier alpha value is -3.98. The largest absolute Gasteiger partial charge is 0.507 e. The molecule has 0 saturated carbocycles. The van der Waals surface area contributed by atoms with Gasteiger partial charge in [0, 0.05) is 11.3 Å². The molecule has 0 bridgehead atoms. The van der Waals surface area contributed by atoms with Crippen LogP contribution >= 0.6 is 15.9 Å². The molecule has 1 atom stereocenters. The molecular formula is C28H26BrNO7. The monoisotopic (exact) mass is 567 g/mol. The second-order valence-corrected chi connectivity index (χ2v) is 9.17. The maximum atomic E-state index is 13.5. The summed E-state index contributed by atoms with van der Waals surface area (Å²) in [4.78, 5) is 28.3. The second-order valence-electron chi connectivity index (χ2n) is 8.31. The summed E-state index contributed by atoms with van der Waals surface area (Å²) in [5, 5.41) is 11.4. The van der Waals surface area contributed by atoms with Gasteiger partial charge in [-0.05, 0) is 70.9 Å². The fourth-order valence-corrected chi connectivity index (χ4v) is 4.89. The van der Waals surface area contributed by atoms with Gasteiger partial charge in [-0.25, -0.2) is 0 Å². The Kier molecular flexibility index (Phi) is 7.45. The summed E-state index contributed by atoms with van der Waals surface area (Å²) in [7, 11) is 5.97. The first-order valence-corrected chi connectivity index (χ1v) is 12.1.